The van der Waals surface area contributed by atoms with Crippen molar-refractivity contribution in [1.82, 2.24) is 0 Å². The predicted molar refractivity (Wildman–Crippen MR) is 77.6 cm³/mol. The summed E-state index contributed by atoms with van der Waals surface area (Å²) in [5, 5.41) is 3.62. The zero-order valence-corrected chi connectivity index (χ0v) is 12.0. The van der Waals surface area contributed by atoms with Crippen molar-refractivity contribution in [3.05, 3.63) is 28.8 Å². The summed E-state index contributed by atoms with van der Waals surface area (Å²) in [5.74, 6) is 0.691. The van der Waals surface area contributed by atoms with Crippen LogP contribution in [0.1, 0.15) is 31.2 Å². The summed E-state index contributed by atoms with van der Waals surface area (Å²) in [5.41, 5.74) is 1.73. The zero-order chi connectivity index (χ0) is 13.7. The monoisotopic (exact) mass is 281 g/mol. The van der Waals surface area contributed by atoms with Crippen LogP contribution >= 0.6 is 11.6 Å². The van der Waals surface area contributed by atoms with Gasteiger partial charge in [0.2, 0.25) is 5.91 Å². The first-order chi connectivity index (χ1) is 9.16. The first-order valence-corrected chi connectivity index (χ1v) is 7.17. The fourth-order valence-corrected chi connectivity index (χ4v) is 2.50. The number of rotatable bonds is 4. The van der Waals surface area contributed by atoms with E-state index in [0.29, 0.717) is 17.4 Å². The van der Waals surface area contributed by atoms with Crippen LogP contribution in [0.3, 0.4) is 0 Å². The van der Waals surface area contributed by atoms with Crippen molar-refractivity contribution in [3.8, 4) is 0 Å². The highest BCUT2D eigenvalue weighted by molar-refractivity contribution is 6.31. The quantitative estimate of drug-likeness (QED) is 0.912. The molecule has 4 heteroatoms. The number of hydrogen-bond donors (Lipinski definition) is 1. The van der Waals surface area contributed by atoms with Crippen molar-refractivity contribution in [3.63, 3.8) is 0 Å². The highest BCUT2D eigenvalue weighted by Crippen LogP contribution is 2.24. The van der Waals surface area contributed by atoms with Crippen LogP contribution in [0.15, 0.2) is 18.2 Å². The molecular weight excluding hydrogens is 262 g/mol. The number of hydrogen-bond acceptors (Lipinski definition) is 2. The molecule has 0 unspecified atom stereocenters. The third-order valence-corrected chi connectivity index (χ3v) is 4.07. The minimum absolute atomic E-state index is 0.0665. The van der Waals surface area contributed by atoms with E-state index in [2.05, 4.69) is 5.32 Å². The third-order valence-electron chi connectivity index (χ3n) is 3.66. The lowest BCUT2D eigenvalue weighted by molar-refractivity contribution is -0.116. The highest BCUT2D eigenvalue weighted by atomic mass is 35.5. The van der Waals surface area contributed by atoms with Crippen molar-refractivity contribution in [2.45, 2.75) is 32.6 Å². The van der Waals surface area contributed by atoms with Gasteiger partial charge in [-0.25, -0.2) is 0 Å². The summed E-state index contributed by atoms with van der Waals surface area (Å²) >= 11 is 6.03. The summed E-state index contributed by atoms with van der Waals surface area (Å²) in [4.78, 5) is 11.9. The molecule has 0 radical (unpaired) electrons. The highest BCUT2D eigenvalue weighted by Gasteiger charge is 2.15. The van der Waals surface area contributed by atoms with Gasteiger partial charge in [-0.05, 0) is 49.8 Å². The van der Waals surface area contributed by atoms with Gasteiger partial charge in [-0.3, -0.25) is 4.79 Å². The van der Waals surface area contributed by atoms with Gasteiger partial charge < -0.3 is 10.1 Å². The van der Waals surface area contributed by atoms with Crippen molar-refractivity contribution in [2.24, 2.45) is 5.92 Å². The second-order valence-electron chi connectivity index (χ2n) is 5.05. The summed E-state index contributed by atoms with van der Waals surface area (Å²) in [6, 6.07) is 5.56. The Bertz CT molecular complexity index is 442. The van der Waals surface area contributed by atoms with Crippen LogP contribution in [0.5, 0.6) is 0 Å². The summed E-state index contributed by atoms with van der Waals surface area (Å²) in [6.45, 7) is 3.58. The second kappa shape index (κ2) is 6.92. The molecule has 1 aromatic carbocycles. The van der Waals surface area contributed by atoms with Gasteiger partial charge in [0.05, 0.1) is 0 Å². The SMILES string of the molecule is Cc1c(Cl)cccc1NC(=O)CCC1CCOCC1. The lowest BCUT2D eigenvalue weighted by Gasteiger charge is -2.21. The number of benzene rings is 1. The van der Waals surface area contributed by atoms with Gasteiger partial charge in [0.1, 0.15) is 0 Å². The van der Waals surface area contributed by atoms with Crippen molar-refractivity contribution < 1.29 is 9.53 Å². The molecule has 3 nitrogen and oxygen atoms in total. The second-order valence-corrected chi connectivity index (χ2v) is 5.46. The fourth-order valence-electron chi connectivity index (χ4n) is 2.33. The van der Waals surface area contributed by atoms with Crippen molar-refractivity contribution in [2.75, 3.05) is 18.5 Å². The van der Waals surface area contributed by atoms with E-state index in [1.54, 1.807) is 0 Å². The lowest BCUT2D eigenvalue weighted by atomic mass is 9.95. The van der Waals surface area contributed by atoms with E-state index in [1.165, 1.54) is 0 Å². The summed E-state index contributed by atoms with van der Waals surface area (Å²) < 4.78 is 5.32. The van der Waals surface area contributed by atoms with Gasteiger partial charge in [-0.2, -0.15) is 0 Å². The normalized spacial score (nSPS) is 16.3. The molecule has 0 bridgehead atoms. The number of halogens is 1. The standard InChI is InChI=1S/C15H20ClNO2/c1-11-13(16)3-2-4-14(11)17-15(18)6-5-12-7-9-19-10-8-12/h2-4,12H,5-10H2,1H3,(H,17,18). The summed E-state index contributed by atoms with van der Waals surface area (Å²) in [7, 11) is 0. The smallest absolute Gasteiger partial charge is 0.224 e. The third kappa shape index (κ3) is 4.22. The van der Waals surface area contributed by atoms with E-state index in [9.17, 15) is 4.79 Å². The van der Waals surface area contributed by atoms with Crippen LogP contribution in [0, 0.1) is 12.8 Å². The van der Waals surface area contributed by atoms with Crippen LogP contribution in [-0.4, -0.2) is 19.1 Å². The number of ether oxygens (including phenoxy) is 1. The van der Waals surface area contributed by atoms with Gasteiger partial charge in [0.15, 0.2) is 0 Å². The number of carbonyl (C=O) groups excluding carboxylic acids is 1. The molecule has 1 amide bonds. The molecule has 1 heterocycles. The molecule has 1 saturated heterocycles. The molecule has 1 N–H and O–H groups in total. The zero-order valence-electron chi connectivity index (χ0n) is 11.2. The van der Waals surface area contributed by atoms with E-state index in [0.717, 1.165) is 43.7 Å². The van der Waals surface area contributed by atoms with E-state index >= 15 is 0 Å². The molecule has 19 heavy (non-hydrogen) atoms. The van der Waals surface area contributed by atoms with Crippen molar-refractivity contribution >= 4 is 23.2 Å². The fraction of sp³-hybridized carbons (Fsp3) is 0.533. The van der Waals surface area contributed by atoms with E-state index in [4.69, 9.17) is 16.3 Å². The van der Waals surface area contributed by atoms with E-state index in [-0.39, 0.29) is 5.91 Å². The number of carbonyl (C=O) groups is 1. The molecule has 0 saturated carbocycles. The molecule has 104 valence electrons. The number of amides is 1. The van der Waals surface area contributed by atoms with Crippen LogP contribution in [0.2, 0.25) is 5.02 Å². The summed E-state index contributed by atoms with van der Waals surface area (Å²) in [6.07, 6.45) is 3.65. The van der Waals surface area contributed by atoms with Gasteiger partial charge in [-0.15, -0.1) is 0 Å². The van der Waals surface area contributed by atoms with Crippen LogP contribution < -0.4 is 5.32 Å². The Kier molecular flexibility index (Phi) is 5.23. The Balaban J connectivity index is 1.82. The first kappa shape index (κ1) is 14.4. The molecule has 1 aliphatic rings. The van der Waals surface area contributed by atoms with Crippen molar-refractivity contribution in [1.29, 1.82) is 0 Å². The average Bonchev–Trinajstić information content (AvgIpc) is 2.43. The Hall–Kier alpha value is -1.06. The maximum absolute atomic E-state index is 11.9. The maximum Gasteiger partial charge on any atom is 0.224 e. The Morgan fingerprint density at radius 2 is 2.16 bits per heavy atom. The Labute approximate surface area is 119 Å². The van der Waals surface area contributed by atoms with Gasteiger partial charge in [0, 0.05) is 30.3 Å². The molecular formula is C15H20ClNO2. The first-order valence-electron chi connectivity index (χ1n) is 6.79. The number of anilines is 1. The topological polar surface area (TPSA) is 38.3 Å². The maximum atomic E-state index is 11.9. The van der Waals surface area contributed by atoms with Gasteiger partial charge in [-0.1, -0.05) is 17.7 Å². The Morgan fingerprint density at radius 1 is 1.42 bits per heavy atom. The van der Waals surface area contributed by atoms with Crippen LogP contribution in [0.4, 0.5) is 5.69 Å². The molecule has 1 aliphatic heterocycles. The van der Waals surface area contributed by atoms with E-state index < -0.39 is 0 Å². The molecule has 2 rings (SSSR count). The van der Waals surface area contributed by atoms with E-state index in [1.807, 2.05) is 25.1 Å². The predicted octanol–water partition coefficient (Wildman–Crippen LogP) is 3.79. The molecule has 0 aromatic heterocycles. The average molecular weight is 282 g/mol. The largest absolute Gasteiger partial charge is 0.381 e. The van der Waals surface area contributed by atoms with Gasteiger partial charge >= 0.3 is 0 Å². The number of nitrogens with one attached hydrogen (secondary N) is 1. The molecule has 1 aromatic rings. The van der Waals surface area contributed by atoms with Gasteiger partial charge in [0.25, 0.3) is 0 Å². The lowest BCUT2D eigenvalue weighted by Crippen LogP contribution is -2.19. The molecule has 0 spiro atoms. The van der Waals surface area contributed by atoms with Crippen LogP contribution in [0.25, 0.3) is 0 Å². The minimum atomic E-state index is 0.0665. The minimum Gasteiger partial charge on any atom is -0.381 e. The molecule has 0 atom stereocenters. The molecule has 0 aliphatic carbocycles. The van der Waals surface area contributed by atoms with Crippen LogP contribution in [-0.2, 0) is 9.53 Å². The Morgan fingerprint density at radius 3 is 2.89 bits per heavy atom. The molecule has 1 fully saturated rings.